The summed E-state index contributed by atoms with van der Waals surface area (Å²) >= 11 is 3.50. The summed E-state index contributed by atoms with van der Waals surface area (Å²) in [7, 11) is 1.56. The van der Waals surface area contributed by atoms with E-state index < -0.39 is 0 Å². The van der Waals surface area contributed by atoms with Crippen LogP contribution in [0, 0.1) is 13.8 Å². The second kappa shape index (κ2) is 10.1. The van der Waals surface area contributed by atoms with Gasteiger partial charge in [0.2, 0.25) is 0 Å². The minimum atomic E-state index is -0.254. The molecule has 1 amide bonds. The first kappa shape index (κ1) is 21.6. The van der Waals surface area contributed by atoms with Gasteiger partial charge in [-0.1, -0.05) is 24.3 Å². The van der Waals surface area contributed by atoms with Gasteiger partial charge in [0, 0.05) is 11.9 Å². The van der Waals surface area contributed by atoms with Crippen LogP contribution in [-0.4, -0.2) is 25.8 Å². The van der Waals surface area contributed by atoms with Crippen molar-refractivity contribution in [3.05, 3.63) is 81.8 Å². The van der Waals surface area contributed by atoms with Gasteiger partial charge in [0.25, 0.3) is 5.91 Å². The number of para-hydroxylation sites is 1. The molecule has 0 aliphatic carbocycles. The summed E-state index contributed by atoms with van der Waals surface area (Å²) in [5.74, 6) is 0.720. The van der Waals surface area contributed by atoms with E-state index in [-0.39, 0.29) is 12.5 Å². The molecule has 0 atom stereocenters. The van der Waals surface area contributed by atoms with Crippen LogP contribution in [-0.2, 0) is 4.79 Å². The average Bonchev–Trinajstić information content (AvgIpc) is 2.74. The van der Waals surface area contributed by atoms with Crippen molar-refractivity contribution in [2.75, 3.05) is 19.0 Å². The Morgan fingerprint density at radius 1 is 1.07 bits per heavy atom. The number of aliphatic imine (C=N–C) groups is 1. The van der Waals surface area contributed by atoms with Crippen LogP contribution in [0.2, 0.25) is 0 Å². The molecule has 0 unspecified atom stereocenters. The molecule has 3 aromatic carbocycles. The van der Waals surface area contributed by atoms with Crippen molar-refractivity contribution in [1.29, 1.82) is 0 Å². The number of anilines is 1. The van der Waals surface area contributed by atoms with E-state index in [1.165, 1.54) is 11.1 Å². The Bertz CT molecular complexity index is 1070. The summed E-state index contributed by atoms with van der Waals surface area (Å²) in [5.41, 5.74) is 4.87. The third-order valence-electron chi connectivity index (χ3n) is 4.51. The predicted octanol–water partition coefficient (Wildman–Crippen LogP) is 5.84. The molecule has 0 fully saturated rings. The summed E-state index contributed by atoms with van der Waals surface area (Å²) in [5, 5.41) is 2.79. The van der Waals surface area contributed by atoms with Crippen molar-refractivity contribution < 1.29 is 14.3 Å². The van der Waals surface area contributed by atoms with Gasteiger partial charge >= 0.3 is 0 Å². The molecule has 154 valence electrons. The first-order valence-electron chi connectivity index (χ1n) is 9.43. The minimum absolute atomic E-state index is 0.139. The van der Waals surface area contributed by atoms with Crippen molar-refractivity contribution in [3.8, 4) is 11.5 Å². The first-order valence-corrected chi connectivity index (χ1v) is 10.2. The van der Waals surface area contributed by atoms with Crippen LogP contribution in [0.25, 0.3) is 0 Å². The number of halogens is 1. The van der Waals surface area contributed by atoms with E-state index in [9.17, 15) is 4.79 Å². The number of benzene rings is 3. The summed E-state index contributed by atoms with van der Waals surface area (Å²) in [4.78, 5) is 16.7. The lowest BCUT2D eigenvalue weighted by Gasteiger charge is -2.13. The van der Waals surface area contributed by atoms with Crippen molar-refractivity contribution in [1.82, 2.24) is 0 Å². The number of amides is 1. The molecule has 5 nitrogen and oxygen atoms in total. The van der Waals surface area contributed by atoms with E-state index in [0.717, 1.165) is 16.9 Å². The van der Waals surface area contributed by atoms with Gasteiger partial charge < -0.3 is 14.8 Å². The number of carbonyl (C=O) groups excluding carboxylic acids is 1. The second-order valence-electron chi connectivity index (χ2n) is 6.76. The number of rotatable bonds is 7. The highest BCUT2D eigenvalue weighted by Gasteiger charge is 2.13. The van der Waals surface area contributed by atoms with Gasteiger partial charge in [-0.3, -0.25) is 9.79 Å². The van der Waals surface area contributed by atoms with Crippen LogP contribution in [0.1, 0.15) is 16.7 Å². The molecule has 6 heteroatoms. The van der Waals surface area contributed by atoms with Gasteiger partial charge in [-0.2, -0.15) is 0 Å². The van der Waals surface area contributed by atoms with Crippen LogP contribution in [0.3, 0.4) is 0 Å². The van der Waals surface area contributed by atoms with Crippen molar-refractivity contribution >= 4 is 39.4 Å². The highest BCUT2D eigenvalue weighted by Crippen LogP contribution is 2.36. The summed E-state index contributed by atoms with van der Waals surface area (Å²) in [6.07, 6.45) is 1.77. The molecule has 0 aliphatic rings. The maximum Gasteiger partial charge on any atom is 0.262 e. The van der Waals surface area contributed by atoms with Crippen molar-refractivity contribution in [3.63, 3.8) is 0 Å². The Labute approximate surface area is 184 Å². The second-order valence-corrected chi connectivity index (χ2v) is 7.62. The molecule has 0 spiro atoms. The molecular formula is C24H23BrN2O3. The zero-order valence-electron chi connectivity index (χ0n) is 17.1. The Morgan fingerprint density at radius 3 is 2.53 bits per heavy atom. The number of nitrogens with one attached hydrogen (secondary N) is 1. The topological polar surface area (TPSA) is 59.9 Å². The van der Waals surface area contributed by atoms with Crippen LogP contribution in [0.5, 0.6) is 11.5 Å². The van der Waals surface area contributed by atoms with Gasteiger partial charge in [0.15, 0.2) is 18.1 Å². The lowest BCUT2D eigenvalue weighted by Crippen LogP contribution is -2.20. The van der Waals surface area contributed by atoms with Crippen LogP contribution < -0.4 is 14.8 Å². The number of hydrogen-bond donors (Lipinski definition) is 1. The standard InChI is InChI=1S/C24H23BrN2O3/c1-16-9-10-20(11-17(16)2)26-14-18-12-21(25)24(22(13-18)29-3)30-15-23(28)27-19-7-5-4-6-8-19/h4-14H,15H2,1-3H3,(H,27,28). The molecule has 0 aliphatic heterocycles. The SMILES string of the molecule is COc1cc(C=Nc2ccc(C)c(C)c2)cc(Br)c1OCC(=O)Nc1ccccc1. The summed E-state index contributed by atoms with van der Waals surface area (Å²) in [6.45, 7) is 4.00. The molecule has 0 radical (unpaired) electrons. The summed E-state index contributed by atoms with van der Waals surface area (Å²) < 4.78 is 11.8. The minimum Gasteiger partial charge on any atom is -0.493 e. The zero-order chi connectivity index (χ0) is 21.5. The van der Waals surface area contributed by atoms with Crippen LogP contribution >= 0.6 is 15.9 Å². The number of nitrogens with zero attached hydrogens (tertiary/aromatic N) is 1. The lowest BCUT2D eigenvalue weighted by atomic mass is 10.1. The van der Waals surface area contributed by atoms with E-state index in [1.807, 2.05) is 54.6 Å². The van der Waals surface area contributed by atoms with Crippen LogP contribution in [0.15, 0.2) is 70.1 Å². The quantitative estimate of drug-likeness (QED) is 0.444. The number of ether oxygens (including phenoxy) is 2. The first-order chi connectivity index (χ1) is 14.5. The maximum atomic E-state index is 12.2. The number of carbonyl (C=O) groups is 1. The van der Waals surface area contributed by atoms with E-state index in [2.05, 4.69) is 46.2 Å². The van der Waals surface area contributed by atoms with E-state index >= 15 is 0 Å². The fraction of sp³-hybridized carbons (Fsp3) is 0.167. The number of aryl methyl sites for hydroxylation is 2. The zero-order valence-corrected chi connectivity index (χ0v) is 18.7. The molecular weight excluding hydrogens is 444 g/mol. The Balaban J connectivity index is 1.71. The van der Waals surface area contributed by atoms with Gasteiger partial charge in [0.1, 0.15) is 0 Å². The molecule has 0 saturated heterocycles. The smallest absolute Gasteiger partial charge is 0.262 e. The predicted molar refractivity (Wildman–Crippen MR) is 124 cm³/mol. The molecule has 0 heterocycles. The molecule has 1 N–H and O–H groups in total. The third-order valence-corrected chi connectivity index (χ3v) is 5.10. The third kappa shape index (κ3) is 5.70. The normalized spacial score (nSPS) is 10.8. The fourth-order valence-corrected chi connectivity index (χ4v) is 3.34. The summed E-state index contributed by atoms with van der Waals surface area (Å²) in [6, 6.07) is 19.0. The Kier molecular flexibility index (Phi) is 7.25. The number of methoxy groups -OCH3 is 1. The highest BCUT2D eigenvalue weighted by atomic mass is 79.9. The lowest BCUT2D eigenvalue weighted by molar-refractivity contribution is -0.118. The molecule has 3 rings (SSSR count). The van der Waals surface area contributed by atoms with Gasteiger partial charge in [-0.05, 0) is 82.9 Å². The largest absolute Gasteiger partial charge is 0.493 e. The van der Waals surface area contributed by atoms with E-state index in [4.69, 9.17) is 9.47 Å². The molecule has 3 aromatic rings. The molecule has 0 bridgehead atoms. The number of hydrogen-bond acceptors (Lipinski definition) is 4. The van der Waals surface area contributed by atoms with Crippen LogP contribution in [0.4, 0.5) is 11.4 Å². The van der Waals surface area contributed by atoms with Gasteiger partial charge in [-0.15, -0.1) is 0 Å². The highest BCUT2D eigenvalue weighted by molar-refractivity contribution is 9.10. The Hall–Kier alpha value is -3.12. The monoisotopic (exact) mass is 466 g/mol. The fourth-order valence-electron chi connectivity index (χ4n) is 2.77. The Morgan fingerprint density at radius 2 is 1.83 bits per heavy atom. The molecule has 0 aromatic heterocycles. The van der Waals surface area contributed by atoms with E-state index in [1.54, 1.807) is 13.3 Å². The van der Waals surface area contributed by atoms with Gasteiger partial charge in [-0.25, -0.2) is 0 Å². The molecule has 0 saturated carbocycles. The van der Waals surface area contributed by atoms with E-state index in [0.29, 0.717) is 16.0 Å². The van der Waals surface area contributed by atoms with Crippen molar-refractivity contribution in [2.24, 2.45) is 4.99 Å². The average molecular weight is 467 g/mol. The molecule has 30 heavy (non-hydrogen) atoms. The van der Waals surface area contributed by atoms with Gasteiger partial charge in [0.05, 0.1) is 17.3 Å². The van der Waals surface area contributed by atoms with Crippen molar-refractivity contribution in [2.45, 2.75) is 13.8 Å². The maximum absolute atomic E-state index is 12.2.